The van der Waals surface area contributed by atoms with Crippen molar-refractivity contribution in [2.75, 3.05) is 0 Å². The van der Waals surface area contributed by atoms with Crippen molar-refractivity contribution in [3.8, 4) is 0 Å². The van der Waals surface area contributed by atoms with Gasteiger partial charge < -0.3 is 11.6 Å². The van der Waals surface area contributed by atoms with Gasteiger partial charge in [-0.3, -0.25) is 0 Å². The molecule has 0 heterocycles. The molecule has 0 amide bonds. The van der Waals surface area contributed by atoms with Crippen LogP contribution in [0.5, 0.6) is 0 Å². The van der Waals surface area contributed by atoms with Crippen molar-refractivity contribution in [2.24, 2.45) is 0 Å². The third-order valence-electron chi connectivity index (χ3n) is 0. The van der Waals surface area contributed by atoms with Crippen LogP contribution in [-0.2, 0) is 0 Å². The molecule has 0 unspecified atom stereocenters. The van der Waals surface area contributed by atoms with Crippen molar-refractivity contribution in [1.29, 1.82) is 0 Å². The first-order valence-electron chi connectivity index (χ1n) is 2.41. The molecule has 8 heavy (non-hydrogen) atoms. The van der Waals surface area contributed by atoms with E-state index in [1.54, 1.807) is 0 Å². The molecule has 0 aliphatic rings. The lowest BCUT2D eigenvalue weighted by atomic mass is 10.6. The Morgan fingerprint density at radius 1 is 1.00 bits per heavy atom. The summed E-state index contributed by atoms with van der Waals surface area (Å²) in [5, 5.41) is 0. The molecule has 58 valence electrons. The fourth-order valence-corrected chi connectivity index (χ4v) is 0. The minimum atomic E-state index is 0. The highest BCUT2D eigenvalue weighted by molar-refractivity contribution is 3.92. The minimum Gasteiger partial charge on any atom is -0.412 e. The van der Waals surface area contributed by atoms with Gasteiger partial charge in [0, 0.05) is 0 Å². The van der Waals surface area contributed by atoms with Crippen LogP contribution < -0.4 is 6.15 Å². The van der Waals surface area contributed by atoms with Gasteiger partial charge in [-0.2, -0.15) is 0 Å². The Labute approximate surface area is 54.2 Å². The van der Waals surface area contributed by atoms with Crippen LogP contribution in [0.2, 0.25) is 0 Å². The van der Waals surface area contributed by atoms with Crippen molar-refractivity contribution in [3.05, 3.63) is 0 Å². The van der Waals surface area contributed by atoms with Crippen LogP contribution in [0.25, 0.3) is 0 Å². The molecule has 0 aliphatic carbocycles. The van der Waals surface area contributed by atoms with E-state index >= 15 is 0 Å². The zero-order chi connectivity index (χ0) is 4.71. The van der Waals surface area contributed by atoms with E-state index in [1.165, 1.54) is 6.42 Å². The second kappa shape index (κ2) is 287. The summed E-state index contributed by atoms with van der Waals surface area (Å²) in [6, 6.07) is 0. The Morgan fingerprint density at radius 2 is 1.00 bits per heavy atom. The highest BCUT2D eigenvalue weighted by Gasteiger charge is 1.35. The van der Waals surface area contributed by atoms with E-state index in [4.69, 9.17) is 0 Å². The molecule has 0 saturated carbocycles. The first kappa shape index (κ1) is 44.5. The summed E-state index contributed by atoms with van der Waals surface area (Å²) in [5.41, 5.74) is 0. The van der Waals surface area contributed by atoms with Gasteiger partial charge in [0.05, 0.1) is 0 Å². The lowest BCUT2D eigenvalue weighted by Gasteiger charge is -1.48. The molecule has 0 spiro atoms. The van der Waals surface area contributed by atoms with Gasteiger partial charge in [0.25, 0.3) is 0 Å². The maximum atomic E-state index is 2.12. The van der Waals surface area contributed by atoms with Crippen LogP contribution in [0.3, 0.4) is 0 Å². The highest BCUT2D eigenvalue weighted by atomic mass is 16.0. The average Bonchev–Trinajstić information content (AvgIpc) is 1.46. The van der Waals surface area contributed by atoms with Crippen LogP contribution in [0.1, 0.15) is 41.5 Å². The fraction of sp³-hybridized carbons (Fsp3) is 1.00. The molecular weight excluding hydrogens is 102 g/mol. The monoisotopic (exact) mass is 125 g/mol. The Hall–Kier alpha value is -0.0800. The topological polar surface area (TPSA) is 66.5 Å². The maximum absolute atomic E-state index is 2.12. The summed E-state index contributed by atoms with van der Waals surface area (Å²) in [4.78, 5) is 0. The number of hydrogen-bond donors (Lipinski definition) is 1. The van der Waals surface area contributed by atoms with Gasteiger partial charge in [0.2, 0.25) is 0 Å². The number of hydrogen-bond acceptors (Lipinski definition) is 1. The Balaban J connectivity index is -0.00000000567. The summed E-state index contributed by atoms with van der Waals surface area (Å²) in [6.45, 7) is 8.25. The van der Waals surface area contributed by atoms with Gasteiger partial charge in [-0.05, 0) is 0 Å². The van der Waals surface area contributed by atoms with E-state index < -0.39 is 0 Å². The third-order valence-corrected chi connectivity index (χ3v) is 0. The molecule has 0 rings (SSSR count). The van der Waals surface area contributed by atoms with E-state index in [1.807, 2.05) is 13.8 Å². The first-order chi connectivity index (χ1) is 2.41. The van der Waals surface area contributed by atoms with E-state index in [9.17, 15) is 0 Å². The summed E-state index contributed by atoms with van der Waals surface area (Å²) < 4.78 is 0. The molecule has 0 fully saturated rings. The van der Waals surface area contributed by atoms with Crippen molar-refractivity contribution in [2.45, 2.75) is 41.5 Å². The molecule has 0 aliphatic heterocycles. The van der Waals surface area contributed by atoms with Crippen LogP contribution >= 0.6 is 0 Å². The van der Waals surface area contributed by atoms with E-state index in [0.29, 0.717) is 0 Å². The van der Waals surface area contributed by atoms with Gasteiger partial charge in [-0.1, -0.05) is 41.5 Å². The van der Waals surface area contributed by atoms with Gasteiger partial charge >= 0.3 is 0 Å². The Bertz CT molecular complexity index is 8.49. The van der Waals surface area contributed by atoms with Crippen molar-refractivity contribution in [3.63, 3.8) is 0 Å². The Morgan fingerprint density at radius 3 is 1.00 bits per heavy atom. The zero-order valence-electron chi connectivity index (χ0n) is 5.91. The van der Waals surface area contributed by atoms with Gasteiger partial charge in [0.1, 0.15) is 0 Å². The van der Waals surface area contributed by atoms with Crippen molar-refractivity contribution >= 4 is 0 Å². The van der Waals surface area contributed by atoms with Gasteiger partial charge in [-0.25, -0.2) is 0 Å². The summed E-state index contributed by atoms with van der Waals surface area (Å²) in [7, 11) is 0. The number of rotatable bonds is 0. The highest BCUT2D eigenvalue weighted by Crippen LogP contribution is 1.56. The van der Waals surface area contributed by atoms with Crippen molar-refractivity contribution < 1.29 is 5.48 Å². The second-order valence-electron chi connectivity index (χ2n) is 0.707. The second-order valence-corrected chi connectivity index (χ2v) is 0.707. The third kappa shape index (κ3) is 22400. The van der Waals surface area contributed by atoms with Crippen LogP contribution in [-0.4, -0.2) is 5.48 Å². The summed E-state index contributed by atoms with van der Waals surface area (Å²) in [5.74, 6) is 0. The predicted molar refractivity (Wildman–Crippen MR) is 42.7 cm³/mol. The molecular formula is C6H23NO. The minimum absolute atomic E-state index is 0. The SMILES string of the molecule is C.CC.CCC.N.O. The van der Waals surface area contributed by atoms with E-state index in [-0.39, 0.29) is 19.1 Å². The van der Waals surface area contributed by atoms with Crippen LogP contribution in [0.4, 0.5) is 0 Å². The predicted octanol–water partition coefficient (Wildman–Crippen LogP) is 2.42. The fourth-order valence-electron chi connectivity index (χ4n) is 0. The molecule has 2 nitrogen and oxygen atoms in total. The largest absolute Gasteiger partial charge is 0.412 e. The normalized spacial score (nSPS) is 3.00. The lowest BCUT2D eigenvalue weighted by molar-refractivity contribution is 0.824. The van der Waals surface area contributed by atoms with Crippen molar-refractivity contribution in [1.82, 2.24) is 6.15 Å². The molecule has 0 aromatic rings. The zero-order valence-corrected chi connectivity index (χ0v) is 5.91. The lowest BCUT2D eigenvalue weighted by Crippen LogP contribution is -1.27. The first-order valence-corrected chi connectivity index (χ1v) is 2.41. The molecule has 0 bridgehead atoms. The molecule has 5 N–H and O–H groups in total. The maximum Gasteiger partial charge on any atom is -0.0590 e. The standard InChI is InChI=1S/C3H8.C2H6.CH4.H3N.H2O/c1-3-2;1-2;;;/h3H2,1-2H3;1-2H3;1H4;1H3;1H2. The van der Waals surface area contributed by atoms with E-state index in [0.717, 1.165) is 0 Å². The molecule has 0 aromatic carbocycles. The smallest absolute Gasteiger partial charge is 0.0590 e. The quantitative estimate of drug-likeness (QED) is 0.530. The van der Waals surface area contributed by atoms with Gasteiger partial charge in [0.15, 0.2) is 0 Å². The molecule has 0 aromatic heterocycles. The summed E-state index contributed by atoms with van der Waals surface area (Å²) >= 11 is 0. The summed E-state index contributed by atoms with van der Waals surface area (Å²) in [6.07, 6.45) is 1.25. The molecule has 0 saturated heterocycles. The van der Waals surface area contributed by atoms with E-state index in [2.05, 4.69) is 13.8 Å². The van der Waals surface area contributed by atoms with Crippen LogP contribution in [0, 0.1) is 0 Å². The van der Waals surface area contributed by atoms with Crippen LogP contribution in [0.15, 0.2) is 0 Å². The average molecular weight is 125 g/mol. The molecule has 2 heteroatoms. The molecule has 0 atom stereocenters. The Kier molecular flexibility index (Phi) is 1590. The van der Waals surface area contributed by atoms with Gasteiger partial charge in [-0.15, -0.1) is 0 Å². The molecule has 0 radical (unpaired) electrons.